The van der Waals surface area contributed by atoms with Crippen LogP contribution in [-0.4, -0.2) is 38.2 Å². The Morgan fingerprint density at radius 3 is 2.28 bits per heavy atom. The Morgan fingerprint density at radius 2 is 1.67 bits per heavy atom. The number of amides is 1. The van der Waals surface area contributed by atoms with Gasteiger partial charge in [0, 0.05) is 36.8 Å². The number of aryl methyl sites for hydroxylation is 2. The molecule has 1 heterocycles. The zero-order chi connectivity index (χ0) is 33.0. The van der Waals surface area contributed by atoms with Crippen molar-refractivity contribution in [2.24, 2.45) is 11.8 Å². The molecule has 0 aliphatic heterocycles. The first-order chi connectivity index (χ1) is 22.0. The lowest BCUT2D eigenvalue weighted by atomic mass is 9.85. The first-order valence-corrected chi connectivity index (χ1v) is 16.9. The Morgan fingerprint density at radius 1 is 1.02 bits per heavy atom. The Kier molecular flexibility index (Phi) is 10.2. The van der Waals surface area contributed by atoms with Crippen molar-refractivity contribution < 1.29 is 32.2 Å². The quantitative estimate of drug-likeness (QED) is 0.188. The third-order valence-corrected chi connectivity index (χ3v) is 10.4. The molecule has 0 radical (unpaired) electrons. The molecule has 1 amide bonds. The lowest BCUT2D eigenvalue weighted by Crippen LogP contribution is -2.31. The maximum Gasteiger partial charge on any atom is 0.264 e. The van der Waals surface area contributed by atoms with E-state index in [9.17, 15) is 22.7 Å². The largest absolute Gasteiger partial charge is 0.496 e. The SMILES string of the molecule is COc1cc([C@@H](O)[C@@H](CC2Cc3ccccc3C2)Cn2ccc(CCC(=O)NS(=O)(=O)c3ccc(F)cc3C)c2)cc(OC)c1C. The Labute approximate surface area is 270 Å². The minimum Gasteiger partial charge on any atom is -0.496 e. The molecule has 0 spiro atoms. The average molecular weight is 649 g/mol. The number of aliphatic hydroxyl groups is 1. The van der Waals surface area contributed by atoms with Gasteiger partial charge in [-0.2, -0.15) is 0 Å². The molecule has 0 fully saturated rings. The van der Waals surface area contributed by atoms with Crippen molar-refractivity contribution in [2.75, 3.05) is 14.2 Å². The molecule has 0 saturated carbocycles. The van der Waals surface area contributed by atoms with E-state index in [-0.39, 0.29) is 22.8 Å². The van der Waals surface area contributed by atoms with Crippen molar-refractivity contribution in [1.29, 1.82) is 0 Å². The smallest absolute Gasteiger partial charge is 0.264 e. The van der Waals surface area contributed by atoms with Crippen LogP contribution in [0.4, 0.5) is 4.39 Å². The van der Waals surface area contributed by atoms with E-state index in [4.69, 9.17) is 9.47 Å². The van der Waals surface area contributed by atoms with Gasteiger partial charge in [0.25, 0.3) is 10.0 Å². The molecule has 1 aromatic heterocycles. The molecule has 1 aliphatic carbocycles. The summed E-state index contributed by atoms with van der Waals surface area (Å²) in [4.78, 5) is 12.5. The van der Waals surface area contributed by atoms with Crippen molar-refractivity contribution in [2.45, 2.75) is 63.5 Å². The van der Waals surface area contributed by atoms with Crippen LogP contribution in [0.25, 0.3) is 0 Å². The molecule has 2 N–H and O–H groups in total. The van der Waals surface area contributed by atoms with Crippen LogP contribution in [0.2, 0.25) is 0 Å². The van der Waals surface area contributed by atoms with Gasteiger partial charge in [-0.15, -0.1) is 0 Å². The second kappa shape index (κ2) is 14.1. The van der Waals surface area contributed by atoms with E-state index < -0.39 is 27.9 Å². The molecule has 5 rings (SSSR count). The fraction of sp³-hybridized carbons (Fsp3) is 0.361. The van der Waals surface area contributed by atoms with E-state index in [1.165, 1.54) is 18.1 Å². The van der Waals surface area contributed by atoms with Crippen LogP contribution in [0.5, 0.6) is 11.5 Å². The van der Waals surface area contributed by atoms with E-state index in [2.05, 4.69) is 29.0 Å². The van der Waals surface area contributed by atoms with Gasteiger partial charge >= 0.3 is 0 Å². The van der Waals surface area contributed by atoms with Crippen LogP contribution in [0, 0.1) is 31.5 Å². The number of nitrogens with one attached hydrogen (secondary N) is 1. The zero-order valence-corrected chi connectivity index (χ0v) is 27.4. The highest BCUT2D eigenvalue weighted by Gasteiger charge is 2.30. The van der Waals surface area contributed by atoms with Gasteiger partial charge in [-0.1, -0.05) is 24.3 Å². The molecule has 1 aliphatic rings. The summed E-state index contributed by atoms with van der Waals surface area (Å²) >= 11 is 0. The molecular weight excluding hydrogens is 607 g/mol. The van der Waals surface area contributed by atoms with Crippen molar-refractivity contribution in [3.63, 3.8) is 0 Å². The number of nitrogens with zero attached hydrogens (tertiary/aromatic N) is 1. The Balaban J connectivity index is 1.29. The lowest BCUT2D eigenvalue weighted by Gasteiger charge is -2.27. The first-order valence-electron chi connectivity index (χ1n) is 15.4. The molecule has 0 unspecified atom stereocenters. The van der Waals surface area contributed by atoms with E-state index in [1.54, 1.807) is 14.2 Å². The second-order valence-electron chi connectivity index (χ2n) is 12.2. The fourth-order valence-corrected chi connectivity index (χ4v) is 7.79. The highest BCUT2D eigenvalue weighted by Crippen LogP contribution is 2.39. The average Bonchev–Trinajstić information content (AvgIpc) is 3.65. The molecule has 3 aromatic carbocycles. The highest BCUT2D eigenvalue weighted by atomic mass is 32.2. The Hall–Kier alpha value is -4.15. The van der Waals surface area contributed by atoms with Crippen LogP contribution >= 0.6 is 0 Å². The lowest BCUT2D eigenvalue weighted by molar-refractivity contribution is -0.119. The molecule has 0 bridgehead atoms. The van der Waals surface area contributed by atoms with Gasteiger partial charge in [0.05, 0.1) is 25.2 Å². The number of ether oxygens (including phenoxy) is 2. The normalized spacial score (nSPS) is 14.5. The van der Waals surface area contributed by atoms with Crippen molar-refractivity contribution >= 4 is 15.9 Å². The second-order valence-corrected chi connectivity index (χ2v) is 13.8. The number of methoxy groups -OCH3 is 2. The number of benzene rings is 3. The summed E-state index contributed by atoms with van der Waals surface area (Å²) in [5.74, 6) is 0.361. The minimum absolute atomic E-state index is 0.0428. The molecule has 46 heavy (non-hydrogen) atoms. The van der Waals surface area contributed by atoms with Gasteiger partial charge < -0.3 is 19.1 Å². The molecule has 8 nitrogen and oxygen atoms in total. The van der Waals surface area contributed by atoms with Gasteiger partial charge in [-0.25, -0.2) is 17.5 Å². The summed E-state index contributed by atoms with van der Waals surface area (Å²) < 4.78 is 54.1. The summed E-state index contributed by atoms with van der Waals surface area (Å²) in [5.41, 5.74) is 5.39. The maximum atomic E-state index is 13.4. The number of aliphatic hydroxyl groups excluding tert-OH is 1. The third kappa shape index (κ3) is 7.62. The summed E-state index contributed by atoms with van der Waals surface area (Å²) in [6.45, 7) is 3.94. The molecule has 2 atom stereocenters. The van der Waals surface area contributed by atoms with E-state index in [0.29, 0.717) is 30.4 Å². The fourth-order valence-electron chi connectivity index (χ4n) is 6.55. The third-order valence-electron chi connectivity index (χ3n) is 8.91. The first kappa shape index (κ1) is 33.2. The van der Waals surface area contributed by atoms with E-state index in [0.717, 1.165) is 54.2 Å². The number of sulfonamides is 1. The minimum atomic E-state index is -4.12. The number of hydrogen-bond acceptors (Lipinski definition) is 6. The van der Waals surface area contributed by atoms with Crippen molar-refractivity contribution in [3.8, 4) is 11.5 Å². The number of halogens is 1. The highest BCUT2D eigenvalue weighted by molar-refractivity contribution is 7.90. The number of fused-ring (bicyclic) bond motifs is 1. The van der Waals surface area contributed by atoms with Crippen LogP contribution in [0.15, 0.2) is 78.0 Å². The summed E-state index contributed by atoms with van der Waals surface area (Å²) in [6.07, 6.45) is 6.08. The van der Waals surface area contributed by atoms with Gasteiger partial charge in [0.2, 0.25) is 5.91 Å². The monoisotopic (exact) mass is 648 g/mol. The number of carbonyl (C=O) groups is 1. The van der Waals surface area contributed by atoms with Gasteiger partial charge in [0.15, 0.2) is 0 Å². The standard InChI is InChI=1S/C36H41FN2O6S/c1-23-15-31(37)10-11-34(23)46(42,43)38-35(40)12-9-25-13-14-39(21-25)22-30(18-26-16-27-7-5-6-8-28(27)17-26)36(41)29-19-32(44-3)24(2)33(20-29)45-4/h5-8,10-11,13-15,19-21,26,30,36,41H,9,12,16-18,22H2,1-4H3,(H,38,40)/t30-,36+/m0/s1. The summed E-state index contributed by atoms with van der Waals surface area (Å²) in [7, 11) is -0.913. The Bertz CT molecular complexity index is 1770. The topological polar surface area (TPSA) is 107 Å². The molecule has 0 saturated heterocycles. The van der Waals surface area contributed by atoms with E-state index in [1.807, 2.05) is 42.1 Å². The molecular formula is C36H41FN2O6S. The molecule has 10 heteroatoms. The van der Waals surface area contributed by atoms with Gasteiger partial charge in [-0.3, -0.25) is 4.79 Å². The maximum absolute atomic E-state index is 13.4. The predicted molar refractivity (Wildman–Crippen MR) is 174 cm³/mol. The van der Waals surface area contributed by atoms with Crippen LogP contribution < -0.4 is 14.2 Å². The number of hydrogen-bond donors (Lipinski definition) is 2. The van der Waals surface area contributed by atoms with Crippen molar-refractivity contribution in [3.05, 3.63) is 112 Å². The zero-order valence-electron chi connectivity index (χ0n) is 26.6. The summed E-state index contributed by atoms with van der Waals surface area (Å²) in [6, 6.07) is 17.5. The molecule has 244 valence electrons. The number of rotatable bonds is 13. The van der Waals surface area contributed by atoms with Crippen molar-refractivity contribution in [1.82, 2.24) is 9.29 Å². The van der Waals surface area contributed by atoms with Gasteiger partial charge in [-0.05, 0) is 110 Å². The van der Waals surface area contributed by atoms with E-state index >= 15 is 0 Å². The van der Waals surface area contributed by atoms with Crippen LogP contribution in [-0.2, 0) is 40.6 Å². The number of aromatic nitrogens is 1. The van der Waals surface area contributed by atoms with Crippen LogP contribution in [0.3, 0.4) is 0 Å². The molecule has 4 aromatic rings. The van der Waals surface area contributed by atoms with Crippen LogP contribution in [0.1, 0.15) is 52.3 Å². The summed E-state index contributed by atoms with van der Waals surface area (Å²) in [5, 5.41) is 11.8. The predicted octanol–water partition coefficient (Wildman–Crippen LogP) is 5.85. The van der Waals surface area contributed by atoms with Gasteiger partial charge in [0.1, 0.15) is 17.3 Å². The number of carbonyl (C=O) groups excluding carboxylic acids is 1.